The molecule has 2 rings (SSSR count). The summed E-state index contributed by atoms with van der Waals surface area (Å²) in [6, 6.07) is 7.84. The van der Waals surface area contributed by atoms with Crippen molar-refractivity contribution in [3.05, 3.63) is 59.2 Å². The van der Waals surface area contributed by atoms with Gasteiger partial charge in [0.25, 0.3) is 5.91 Å². The first-order valence-corrected chi connectivity index (χ1v) is 6.49. The van der Waals surface area contributed by atoms with Crippen molar-refractivity contribution in [3.63, 3.8) is 0 Å². The van der Waals surface area contributed by atoms with Crippen LogP contribution < -0.4 is 14.8 Å². The largest absolute Gasteiger partial charge is 0.497 e. The van der Waals surface area contributed by atoms with Crippen LogP contribution in [0.1, 0.15) is 15.9 Å². The van der Waals surface area contributed by atoms with Gasteiger partial charge in [-0.1, -0.05) is 0 Å². The molecular formula is C16H15F2NO3. The van der Waals surface area contributed by atoms with Gasteiger partial charge in [0.05, 0.1) is 19.8 Å². The molecule has 0 heterocycles. The molecule has 22 heavy (non-hydrogen) atoms. The van der Waals surface area contributed by atoms with E-state index < -0.39 is 17.5 Å². The van der Waals surface area contributed by atoms with Crippen molar-refractivity contribution >= 4 is 5.91 Å². The second-order valence-electron chi connectivity index (χ2n) is 4.48. The maximum atomic E-state index is 13.5. The molecule has 0 saturated carbocycles. The monoisotopic (exact) mass is 307 g/mol. The van der Waals surface area contributed by atoms with Gasteiger partial charge >= 0.3 is 0 Å². The van der Waals surface area contributed by atoms with Crippen molar-refractivity contribution in [1.29, 1.82) is 0 Å². The molecule has 0 atom stereocenters. The third-order valence-electron chi connectivity index (χ3n) is 3.11. The molecule has 0 fully saturated rings. The lowest BCUT2D eigenvalue weighted by Crippen LogP contribution is -2.24. The summed E-state index contributed by atoms with van der Waals surface area (Å²) in [6.45, 7) is 0.113. The van der Waals surface area contributed by atoms with Gasteiger partial charge < -0.3 is 14.8 Å². The smallest absolute Gasteiger partial charge is 0.254 e. The maximum absolute atomic E-state index is 13.5. The number of benzene rings is 2. The zero-order chi connectivity index (χ0) is 16.1. The summed E-state index contributed by atoms with van der Waals surface area (Å²) in [5.41, 5.74) is 0.348. The van der Waals surface area contributed by atoms with Crippen LogP contribution in [0.2, 0.25) is 0 Å². The molecule has 0 aromatic heterocycles. The molecule has 2 aromatic rings. The molecule has 1 amide bonds. The number of ether oxygens (including phenoxy) is 2. The van der Waals surface area contributed by atoms with Crippen molar-refractivity contribution in [2.75, 3.05) is 14.2 Å². The summed E-state index contributed by atoms with van der Waals surface area (Å²) >= 11 is 0. The molecule has 0 bridgehead atoms. The average molecular weight is 307 g/mol. The summed E-state index contributed by atoms with van der Waals surface area (Å²) in [4.78, 5) is 11.9. The van der Waals surface area contributed by atoms with Crippen molar-refractivity contribution < 1.29 is 23.0 Å². The van der Waals surface area contributed by atoms with E-state index >= 15 is 0 Å². The highest BCUT2D eigenvalue weighted by Gasteiger charge is 2.13. The van der Waals surface area contributed by atoms with Gasteiger partial charge in [-0.15, -0.1) is 0 Å². The lowest BCUT2D eigenvalue weighted by atomic mass is 10.1. The van der Waals surface area contributed by atoms with Crippen LogP contribution in [0.5, 0.6) is 11.5 Å². The Kier molecular flexibility index (Phi) is 4.93. The predicted molar refractivity (Wildman–Crippen MR) is 77.1 cm³/mol. The summed E-state index contributed by atoms with van der Waals surface area (Å²) in [5, 5.41) is 2.53. The molecule has 4 nitrogen and oxygen atoms in total. The summed E-state index contributed by atoms with van der Waals surface area (Å²) < 4.78 is 36.9. The third-order valence-corrected chi connectivity index (χ3v) is 3.11. The van der Waals surface area contributed by atoms with Gasteiger partial charge in [0, 0.05) is 18.2 Å². The molecular weight excluding hydrogens is 292 g/mol. The van der Waals surface area contributed by atoms with Crippen LogP contribution in [0, 0.1) is 11.6 Å². The van der Waals surface area contributed by atoms with Gasteiger partial charge in [-0.25, -0.2) is 8.78 Å². The van der Waals surface area contributed by atoms with Crippen LogP contribution in [-0.4, -0.2) is 20.1 Å². The van der Waals surface area contributed by atoms with E-state index in [4.69, 9.17) is 9.47 Å². The number of carbonyl (C=O) groups is 1. The zero-order valence-corrected chi connectivity index (χ0v) is 12.2. The lowest BCUT2D eigenvalue weighted by molar-refractivity contribution is 0.0946. The Morgan fingerprint density at radius 2 is 1.86 bits per heavy atom. The van der Waals surface area contributed by atoms with E-state index in [1.54, 1.807) is 18.2 Å². The van der Waals surface area contributed by atoms with Crippen LogP contribution in [0.15, 0.2) is 36.4 Å². The SMILES string of the molecule is COc1ccc(CNC(=O)c2cc(F)ccc2F)c(OC)c1. The van der Waals surface area contributed by atoms with Gasteiger partial charge in [-0.2, -0.15) is 0 Å². The van der Waals surface area contributed by atoms with E-state index in [2.05, 4.69) is 5.32 Å². The normalized spacial score (nSPS) is 10.2. The molecule has 0 aliphatic heterocycles. The molecule has 0 unspecified atom stereocenters. The Hall–Kier alpha value is -2.63. The average Bonchev–Trinajstić information content (AvgIpc) is 2.54. The summed E-state index contributed by atoms with van der Waals surface area (Å²) in [7, 11) is 3.02. The van der Waals surface area contributed by atoms with Crippen LogP contribution in [0.25, 0.3) is 0 Å². The van der Waals surface area contributed by atoms with Crippen LogP contribution in [-0.2, 0) is 6.54 Å². The van der Waals surface area contributed by atoms with Gasteiger partial charge in [0.2, 0.25) is 0 Å². The predicted octanol–water partition coefficient (Wildman–Crippen LogP) is 2.91. The van der Waals surface area contributed by atoms with Gasteiger partial charge in [0.15, 0.2) is 0 Å². The standard InChI is InChI=1S/C16H15F2NO3/c1-21-12-5-3-10(15(8-12)22-2)9-19-16(20)13-7-11(17)4-6-14(13)18/h3-8H,9H2,1-2H3,(H,19,20). The van der Waals surface area contributed by atoms with E-state index in [1.807, 2.05) is 0 Å². The minimum atomic E-state index is -0.777. The van der Waals surface area contributed by atoms with Gasteiger partial charge in [-0.05, 0) is 30.3 Å². The van der Waals surface area contributed by atoms with Crippen molar-refractivity contribution in [3.8, 4) is 11.5 Å². The number of methoxy groups -OCH3 is 2. The molecule has 116 valence electrons. The summed E-state index contributed by atoms with van der Waals surface area (Å²) in [5.74, 6) is -1.01. The number of hydrogen-bond acceptors (Lipinski definition) is 3. The lowest BCUT2D eigenvalue weighted by Gasteiger charge is -2.11. The number of carbonyl (C=O) groups excluding carboxylic acids is 1. The Balaban J connectivity index is 2.12. The molecule has 0 aliphatic rings. The molecule has 0 spiro atoms. The second kappa shape index (κ2) is 6.89. The van der Waals surface area contributed by atoms with Crippen molar-refractivity contribution in [2.24, 2.45) is 0 Å². The van der Waals surface area contributed by atoms with E-state index in [0.29, 0.717) is 17.1 Å². The minimum Gasteiger partial charge on any atom is -0.497 e. The number of nitrogens with one attached hydrogen (secondary N) is 1. The molecule has 0 saturated heterocycles. The van der Waals surface area contributed by atoms with Crippen LogP contribution >= 0.6 is 0 Å². The van der Waals surface area contributed by atoms with E-state index in [1.165, 1.54) is 14.2 Å². The number of halogens is 2. The number of rotatable bonds is 5. The van der Waals surface area contributed by atoms with E-state index in [9.17, 15) is 13.6 Å². The fourth-order valence-electron chi connectivity index (χ4n) is 1.94. The quantitative estimate of drug-likeness (QED) is 0.924. The summed E-state index contributed by atoms with van der Waals surface area (Å²) in [6.07, 6.45) is 0. The molecule has 1 N–H and O–H groups in total. The Morgan fingerprint density at radius 3 is 2.55 bits per heavy atom. The second-order valence-corrected chi connectivity index (χ2v) is 4.48. The molecule has 6 heteroatoms. The van der Waals surface area contributed by atoms with Crippen molar-refractivity contribution in [2.45, 2.75) is 6.54 Å². The highest BCUT2D eigenvalue weighted by atomic mass is 19.1. The fourth-order valence-corrected chi connectivity index (χ4v) is 1.94. The zero-order valence-electron chi connectivity index (χ0n) is 12.2. The fraction of sp³-hybridized carbons (Fsp3) is 0.188. The third kappa shape index (κ3) is 3.52. The van der Waals surface area contributed by atoms with Gasteiger partial charge in [-0.3, -0.25) is 4.79 Å². The minimum absolute atomic E-state index is 0.113. The van der Waals surface area contributed by atoms with E-state index in [0.717, 1.165) is 18.2 Å². The van der Waals surface area contributed by atoms with Crippen molar-refractivity contribution in [1.82, 2.24) is 5.32 Å². The highest BCUT2D eigenvalue weighted by molar-refractivity contribution is 5.94. The highest BCUT2D eigenvalue weighted by Crippen LogP contribution is 2.24. The van der Waals surface area contributed by atoms with Crippen LogP contribution in [0.4, 0.5) is 8.78 Å². The first kappa shape index (κ1) is 15.8. The Bertz CT molecular complexity index is 689. The molecule has 2 aromatic carbocycles. The Morgan fingerprint density at radius 1 is 1.09 bits per heavy atom. The number of hydrogen-bond donors (Lipinski definition) is 1. The first-order valence-electron chi connectivity index (χ1n) is 6.49. The number of amides is 1. The van der Waals surface area contributed by atoms with E-state index in [-0.39, 0.29) is 12.1 Å². The molecule has 0 aliphatic carbocycles. The first-order chi connectivity index (χ1) is 10.5. The Labute approximate surface area is 126 Å². The maximum Gasteiger partial charge on any atom is 0.254 e. The van der Waals surface area contributed by atoms with Crippen LogP contribution in [0.3, 0.4) is 0 Å². The van der Waals surface area contributed by atoms with Gasteiger partial charge in [0.1, 0.15) is 23.1 Å². The topological polar surface area (TPSA) is 47.6 Å². The molecule has 0 radical (unpaired) electrons.